The van der Waals surface area contributed by atoms with Gasteiger partial charge in [0.2, 0.25) is 6.17 Å². The van der Waals surface area contributed by atoms with E-state index in [-0.39, 0.29) is 0 Å². The minimum absolute atomic E-state index is 0.572. The lowest BCUT2D eigenvalue weighted by atomic mass is 10.0. The zero-order valence-electron chi connectivity index (χ0n) is 17.0. The van der Waals surface area contributed by atoms with Gasteiger partial charge in [-0.15, -0.1) is 0 Å². The first-order valence-electron chi connectivity index (χ1n) is 9.31. The average molecular weight is 364 g/mol. The molecule has 3 rings (SSSR count). The molecule has 1 heterocycles. The van der Waals surface area contributed by atoms with Crippen LogP contribution in [-0.4, -0.2) is 23.8 Å². The lowest BCUT2D eigenvalue weighted by Crippen LogP contribution is -2.55. The molecule has 142 valence electrons. The molecule has 2 aromatic carbocycles. The fourth-order valence-corrected chi connectivity index (χ4v) is 4.47. The Morgan fingerprint density at radius 2 is 1.30 bits per heavy atom. The summed E-state index contributed by atoms with van der Waals surface area (Å²) in [5.74, 6) is -0.849. The number of benzene rings is 2. The summed E-state index contributed by atoms with van der Waals surface area (Å²) in [6.45, 7) is 12.9. The van der Waals surface area contributed by atoms with Crippen LogP contribution in [0.5, 0.6) is 0 Å². The van der Waals surface area contributed by atoms with Gasteiger partial charge in [0.25, 0.3) is 0 Å². The summed E-state index contributed by atoms with van der Waals surface area (Å²) < 4.78 is 0. The highest BCUT2D eigenvalue weighted by Gasteiger charge is 2.35. The van der Waals surface area contributed by atoms with E-state index < -0.39 is 12.1 Å². The number of carboxylic acids is 1. The second kappa shape index (κ2) is 7.10. The van der Waals surface area contributed by atoms with Gasteiger partial charge in [-0.3, -0.25) is 0 Å². The van der Waals surface area contributed by atoms with Crippen molar-refractivity contribution in [2.24, 2.45) is 0 Å². The Kier molecular flexibility index (Phi) is 5.01. The van der Waals surface area contributed by atoms with Gasteiger partial charge in [0, 0.05) is 24.1 Å². The van der Waals surface area contributed by atoms with E-state index in [0.717, 1.165) is 33.6 Å². The van der Waals surface area contributed by atoms with Crippen LogP contribution in [-0.2, 0) is 4.79 Å². The quantitative estimate of drug-likeness (QED) is 0.850. The fourth-order valence-electron chi connectivity index (χ4n) is 4.47. The molecule has 0 saturated carbocycles. The number of carboxylic acid groups (broad SMARTS) is 1. The Morgan fingerprint density at radius 3 is 1.74 bits per heavy atom. The van der Waals surface area contributed by atoms with Crippen molar-refractivity contribution in [3.05, 3.63) is 69.9 Å². The Balaban J connectivity index is 2.16. The first kappa shape index (κ1) is 19.0. The van der Waals surface area contributed by atoms with Crippen LogP contribution in [0.4, 0.5) is 11.4 Å². The number of anilines is 2. The molecule has 0 saturated heterocycles. The molecular weight excluding hydrogens is 336 g/mol. The second-order valence-corrected chi connectivity index (χ2v) is 7.65. The zero-order chi connectivity index (χ0) is 19.9. The summed E-state index contributed by atoms with van der Waals surface area (Å²) in [4.78, 5) is 16.3. The molecule has 1 atom stereocenters. The lowest BCUT2D eigenvalue weighted by molar-refractivity contribution is -0.138. The fraction of sp³-hybridized carbons (Fsp3) is 0.348. The van der Waals surface area contributed by atoms with Gasteiger partial charge in [-0.2, -0.15) is 0 Å². The monoisotopic (exact) mass is 364 g/mol. The maximum atomic E-state index is 12.4. The van der Waals surface area contributed by atoms with Gasteiger partial charge >= 0.3 is 5.97 Å². The minimum atomic E-state index is -0.849. The van der Waals surface area contributed by atoms with Crippen LogP contribution in [0.15, 0.2) is 36.5 Å². The largest absolute Gasteiger partial charge is 0.478 e. The van der Waals surface area contributed by atoms with Crippen molar-refractivity contribution < 1.29 is 9.90 Å². The van der Waals surface area contributed by atoms with E-state index in [1.165, 1.54) is 11.1 Å². The average Bonchev–Trinajstić information content (AvgIpc) is 2.52. The van der Waals surface area contributed by atoms with Crippen molar-refractivity contribution in [1.82, 2.24) is 0 Å². The third-order valence-electron chi connectivity index (χ3n) is 5.16. The summed E-state index contributed by atoms with van der Waals surface area (Å²) >= 11 is 0. The van der Waals surface area contributed by atoms with E-state index in [2.05, 4.69) is 52.0 Å². The van der Waals surface area contributed by atoms with E-state index in [9.17, 15) is 9.90 Å². The van der Waals surface area contributed by atoms with Crippen molar-refractivity contribution in [2.45, 2.75) is 47.7 Å². The van der Waals surface area contributed by atoms with Crippen LogP contribution in [0.1, 0.15) is 33.4 Å². The molecule has 1 aliphatic rings. The van der Waals surface area contributed by atoms with Gasteiger partial charge in [0.05, 0.1) is 0 Å². The minimum Gasteiger partial charge on any atom is -0.478 e. The molecule has 0 radical (unpaired) electrons. The first-order valence-corrected chi connectivity index (χ1v) is 9.31. The van der Waals surface area contributed by atoms with Gasteiger partial charge < -0.3 is 14.9 Å². The van der Waals surface area contributed by atoms with Crippen molar-refractivity contribution in [1.29, 1.82) is 0 Å². The van der Waals surface area contributed by atoms with Crippen molar-refractivity contribution in [3.63, 3.8) is 0 Å². The SMILES string of the molecule is Cc1cc(C)c(N2C=CCN(c3c(C)cc(C)cc3C)C2C(=O)O)c(C)c1. The summed E-state index contributed by atoms with van der Waals surface area (Å²) in [7, 11) is 0. The molecule has 0 spiro atoms. The van der Waals surface area contributed by atoms with Crippen LogP contribution in [0.2, 0.25) is 0 Å². The van der Waals surface area contributed by atoms with Gasteiger partial charge in [-0.05, 0) is 69.9 Å². The van der Waals surface area contributed by atoms with Crippen molar-refractivity contribution in [3.8, 4) is 0 Å². The summed E-state index contributed by atoms with van der Waals surface area (Å²) in [5.41, 5.74) is 8.72. The molecule has 0 bridgehead atoms. The van der Waals surface area contributed by atoms with E-state index in [0.29, 0.717) is 6.54 Å². The topological polar surface area (TPSA) is 43.8 Å². The maximum absolute atomic E-state index is 12.4. The number of rotatable bonds is 3. The van der Waals surface area contributed by atoms with Crippen LogP contribution >= 0.6 is 0 Å². The Labute approximate surface area is 161 Å². The number of carbonyl (C=O) groups is 1. The molecule has 0 fully saturated rings. The highest BCUT2D eigenvalue weighted by Crippen LogP contribution is 2.35. The molecule has 4 heteroatoms. The molecule has 1 N–H and O–H groups in total. The van der Waals surface area contributed by atoms with E-state index in [1.54, 1.807) is 0 Å². The standard InChI is InChI=1S/C23H28N2O2/c1-14-10-16(3)20(17(4)11-14)24-8-7-9-25(22(24)23(26)27)21-18(5)12-15(2)13-19(21)6/h7-8,10-13,22H,9H2,1-6H3,(H,26,27). The second-order valence-electron chi connectivity index (χ2n) is 7.65. The number of hydrogen-bond donors (Lipinski definition) is 1. The van der Waals surface area contributed by atoms with Crippen LogP contribution in [0, 0.1) is 41.5 Å². The summed E-state index contributed by atoms with van der Waals surface area (Å²) in [6.07, 6.45) is 3.17. The van der Waals surface area contributed by atoms with E-state index >= 15 is 0 Å². The number of hydrogen-bond acceptors (Lipinski definition) is 3. The van der Waals surface area contributed by atoms with Crippen molar-refractivity contribution >= 4 is 17.3 Å². The molecule has 0 aromatic heterocycles. The highest BCUT2D eigenvalue weighted by atomic mass is 16.4. The van der Waals surface area contributed by atoms with Gasteiger partial charge in [0.1, 0.15) is 0 Å². The summed E-state index contributed by atoms with van der Waals surface area (Å²) in [5, 5.41) is 10.2. The smallest absolute Gasteiger partial charge is 0.347 e. The molecule has 1 aliphatic heterocycles. The molecule has 1 unspecified atom stereocenters. The molecule has 27 heavy (non-hydrogen) atoms. The third-order valence-corrected chi connectivity index (χ3v) is 5.16. The van der Waals surface area contributed by atoms with Gasteiger partial charge in [0.15, 0.2) is 0 Å². The van der Waals surface area contributed by atoms with Gasteiger partial charge in [-0.1, -0.05) is 35.4 Å². The molecule has 0 amide bonds. The lowest BCUT2D eigenvalue weighted by Gasteiger charge is -2.42. The molecular formula is C23H28N2O2. The number of aliphatic carboxylic acids is 1. The predicted octanol–water partition coefficient (Wildman–Crippen LogP) is 4.79. The third kappa shape index (κ3) is 3.44. The molecule has 4 nitrogen and oxygen atoms in total. The Morgan fingerprint density at radius 1 is 0.852 bits per heavy atom. The first-order chi connectivity index (χ1) is 12.7. The summed E-state index contributed by atoms with van der Waals surface area (Å²) in [6, 6.07) is 8.45. The molecule has 0 aliphatic carbocycles. The number of nitrogens with zero attached hydrogens (tertiary/aromatic N) is 2. The Bertz CT molecular complexity index is 884. The van der Waals surface area contributed by atoms with Crippen LogP contribution in [0.25, 0.3) is 0 Å². The normalized spacial score (nSPS) is 16.7. The predicted molar refractivity (Wildman–Crippen MR) is 112 cm³/mol. The Hall–Kier alpha value is -2.75. The molecule has 2 aromatic rings. The number of aryl methyl sites for hydroxylation is 6. The van der Waals surface area contributed by atoms with Gasteiger partial charge in [-0.25, -0.2) is 4.79 Å². The van der Waals surface area contributed by atoms with E-state index in [4.69, 9.17) is 0 Å². The zero-order valence-corrected chi connectivity index (χ0v) is 17.0. The highest BCUT2D eigenvalue weighted by molar-refractivity contribution is 5.86. The van der Waals surface area contributed by atoms with Crippen LogP contribution < -0.4 is 9.80 Å². The maximum Gasteiger partial charge on any atom is 0.347 e. The van der Waals surface area contributed by atoms with E-state index in [1.807, 2.05) is 35.9 Å². The van der Waals surface area contributed by atoms with Crippen molar-refractivity contribution in [2.75, 3.05) is 16.3 Å². The van der Waals surface area contributed by atoms with Crippen LogP contribution in [0.3, 0.4) is 0 Å².